The molecule has 0 saturated heterocycles. The van der Waals surface area contributed by atoms with Crippen molar-refractivity contribution in [2.45, 2.75) is 411 Å². The third-order valence-electron chi connectivity index (χ3n) is 4.68. The molecule has 0 aliphatic carbocycles. The van der Waals surface area contributed by atoms with Crippen LogP contribution in [-0.2, 0) is 13.2 Å². The summed E-state index contributed by atoms with van der Waals surface area (Å²) in [6.07, 6.45) is 0. The van der Waals surface area contributed by atoms with Gasteiger partial charge >= 0.3 is 0 Å². The Balaban J connectivity index is -0.0000000192. The van der Waals surface area contributed by atoms with Crippen molar-refractivity contribution in [3.8, 4) is 23.0 Å². The fourth-order valence-corrected chi connectivity index (χ4v) is 2.16. The highest BCUT2D eigenvalue weighted by atomic mass is 16.5. The van der Waals surface area contributed by atoms with Gasteiger partial charge in [-0.05, 0) is 89.5 Å². The van der Waals surface area contributed by atoms with Gasteiger partial charge in [0, 0.05) is 13.2 Å². The normalized spacial score (nSPS) is 9.22. The van der Waals surface area contributed by atoms with E-state index in [-0.39, 0.29) is 208 Å². The standard InChI is InChI=1S/2C12H18O3.2C5H12O.6C5H12.20CH4/c2*1-12(2,3)8-15-11-5-4-9(7-13)6-10(11)14;2*1-5(2,3)4-6;6*1-5(2,3)4;;;;;;;;;;;;;;;;;;;;/h2*4-6,13-14H,7-8H2,1-3H3;2*6H,4H2,1-3H3;6*1-4H3;20*1H4. The van der Waals surface area contributed by atoms with E-state index < -0.39 is 0 Å². The van der Waals surface area contributed by atoms with E-state index >= 15 is 0 Å². The second kappa shape index (κ2) is 84.6. The van der Waals surface area contributed by atoms with Crippen LogP contribution in [0.15, 0.2) is 36.4 Å². The van der Waals surface area contributed by atoms with Gasteiger partial charge in [-0.1, -0.05) is 410 Å². The summed E-state index contributed by atoms with van der Waals surface area (Å²) in [4.78, 5) is 0. The van der Waals surface area contributed by atoms with E-state index in [1.807, 2.05) is 41.5 Å². The zero-order valence-corrected chi connectivity index (χ0v) is 55.2. The van der Waals surface area contributed by atoms with Crippen LogP contribution in [0.5, 0.6) is 23.0 Å². The number of aliphatic hydroxyl groups is 4. The molecule has 0 atom stereocenters. The molecule has 2 aromatic carbocycles. The van der Waals surface area contributed by atoms with E-state index in [0.29, 0.717) is 68.3 Å². The lowest BCUT2D eigenvalue weighted by Crippen LogP contribution is -2.16. The lowest BCUT2D eigenvalue weighted by Gasteiger charge is -2.19. The summed E-state index contributed by atoms with van der Waals surface area (Å²) in [6.45, 7) is 78.3. The number of aliphatic hydroxyl groups excluding tert-OH is 4. The van der Waals surface area contributed by atoms with Crippen LogP contribution in [0.4, 0.5) is 0 Å². The number of aromatic hydroxyl groups is 2. The fourth-order valence-electron chi connectivity index (χ4n) is 2.16. The summed E-state index contributed by atoms with van der Waals surface area (Å²) in [5.41, 5.74) is 4.66. The van der Waals surface area contributed by atoms with Crippen molar-refractivity contribution < 1.29 is 40.1 Å². The second-order valence-electron chi connectivity index (χ2n) is 33.1. The Morgan fingerprint density at radius 3 is 0.435 bits per heavy atom. The first-order chi connectivity index (χ1) is 31.0. The number of phenols is 2. The average Bonchev–Trinajstić information content (AvgIpc) is 3.05. The monoisotopic (exact) mass is 1350 g/mol. The van der Waals surface area contributed by atoms with Gasteiger partial charge in [-0.25, -0.2) is 0 Å². The molecule has 2 aromatic rings. The lowest BCUT2D eigenvalue weighted by atomic mass is 9.99. The Morgan fingerprint density at radius 1 is 0.239 bits per heavy atom. The van der Waals surface area contributed by atoms with E-state index in [1.165, 1.54) is 12.1 Å². The minimum Gasteiger partial charge on any atom is -0.504 e. The molecule has 0 spiro atoms. The fraction of sp³-hybridized carbons (Fsp3) is 0.857. The number of phenolic OH excluding ortho intramolecular Hbond substituents is 2. The molecule has 596 valence electrons. The van der Waals surface area contributed by atoms with Gasteiger partial charge in [0.15, 0.2) is 23.0 Å². The Bertz CT molecular complexity index is 1310. The quantitative estimate of drug-likeness (QED) is 0.168. The molecule has 0 bridgehead atoms. The van der Waals surface area contributed by atoms with Gasteiger partial charge in [-0.15, -0.1) is 0 Å². The minimum atomic E-state index is -0.0763. The third-order valence-corrected chi connectivity index (χ3v) is 4.68. The lowest BCUT2D eigenvalue weighted by molar-refractivity contribution is 0.177. The largest absolute Gasteiger partial charge is 0.504 e. The Hall–Kier alpha value is -2.52. The topological polar surface area (TPSA) is 140 Å². The predicted octanol–water partition coefficient (Wildman–Crippen LogP) is 31.7. The molecule has 0 unspecified atom stereocenters. The molecule has 8 heteroatoms. The van der Waals surface area contributed by atoms with Crippen molar-refractivity contribution in [3.05, 3.63) is 47.5 Å². The van der Waals surface area contributed by atoms with Gasteiger partial charge in [0.05, 0.1) is 26.4 Å². The van der Waals surface area contributed by atoms with Crippen LogP contribution in [0, 0.1) is 54.1 Å². The van der Waals surface area contributed by atoms with Gasteiger partial charge in [0.2, 0.25) is 0 Å². The Kier molecular flexibility index (Phi) is 170. The SMILES string of the molecule is C.C.C.C.C.C.C.C.C.C.C.C.C.C.C.C.C.C.C.C.CC(C)(C)C.CC(C)(C)C.CC(C)(C)C.CC(C)(C)C.CC(C)(C)C.CC(C)(C)C.CC(C)(C)CO.CC(C)(C)CO.CC(C)(C)COc1ccc(CO)cc1O.CC(C)(C)COc1ccc(CO)cc1O. The molecule has 6 N–H and O–H groups in total. The molecule has 0 amide bonds. The van der Waals surface area contributed by atoms with E-state index in [0.717, 1.165) is 0 Å². The molecular formula is C84H212O8. The van der Waals surface area contributed by atoms with Crippen molar-refractivity contribution in [1.29, 1.82) is 0 Å². The summed E-state index contributed by atoms with van der Waals surface area (Å²) in [5, 5.41) is 53.7. The second-order valence-corrected chi connectivity index (χ2v) is 33.1. The molecule has 0 fully saturated rings. The molecule has 0 radical (unpaired) electrons. The zero-order chi connectivity index (χ0) is 60.4. The number of hydrogen-bond acceptors (Lipinski definition) is 8. The van der Waals surface area contributed by atoms with Gasteiger partial charge in [0.1, 0.15) is 0 Å². The van der Waals surface area contributed by atoms with Crippen molar-refractivity contribution in [1.82, 2.24) is 0 Å². The first-order valence-corrected chi connectivity index (χ1v) is 26.3. The summed E-state index contributed by atoms with van der Waals surface area (Å²) >= 11 is 0. The van der Waals surface area contributed by atoms with Gasteiger partial charge < -0.3 is 40.1 Å². The molecule has 0 aromatic heterocycles. The van der Waals surface area contributed by atoms with Crippen LogP contribution >= 0.6 is 0 Å². The van der Waals surface area contributed by atoms with Gasteiger partial charge in [-0.3, -0.25) is 0 Å². The highest BCUT2D eigenvalue weighted by Crippen LogP contribution is 2.30. The van der Waals surface area contributed by atoms with Crippen molar-refractivity contribution in [2.24, 2.45) is 54.1 Å². The van der Waals surface area contributed by atoms with Crippen LogP contribution in [0.1, 0.15) is 409 Å². The number of hydrogen-bond donors (Lipinski definition) is 6. The van der Waals surface area contributed by atoms with Crippen molar-refractivity contribution >= 4 is 0 Å². The predicted molar refractivity (Wildman–Crippen MR) is 456 cm³/mol. The Labute approximate surface area is 599 Å². The summed E-state index contributed by atoms with van der Waals surface area (Å²) in [6, 6.07) is 9.84. The molecule has 0 heterocycles. The maximum atomic E-state index is 9.58. The molecule has 0 aliphatic rings. The molecule has 8 nitrogen and oxygen atoms in total. The third kappa shape index (κ3) is 316. The first kappa shape index (κ1) is 185. The van der Waals surface area contributed by atoms with Gasteiger partial charge in [0.25, 0.3) is 0 Å². The highest BCUT2D eigenvalue weighted by Gasteiger charge is 2.14. The average molecular weight is 1350 g/mol. The van der Waals surface area contributed by atoms with Crippen LogP contribution in [0.25, 0.3) is 0 Å². The van der Waals surface area contributed by atoms with Crippen molar-refractivity contribution in [3.63, 3.8) is 0 Å². The molecule has 0 saturated carbocycles. The van der Waals surface area contributed by atoms with E-state index in [1.54, 1.807) is 24.3 Å². The molecule has 92 heavy (non-hydrogen) atoms. The molecular weight excluding hydrogens is 1140 g/mol. The number of benzene rings is 2. The van der Waals surface area contributed by atoms with E-state index in [9.17, 15) is 10.2 Å². The van der Waals surface area contributed by atoms with E-state index in [4.69, 9.17) is 29.9 Å². The zero-order valence-electron chi connectivity index (χ0n) is 55.2. The van der Waals surface area contributed by atoms with Crippen LogP contribution in [-0.4, -0.2) is 57.1 Å². The summed E-state index contributed by atoms with van der Waals surface area (Å²) in [5.74, 6) is 1.07. The molecule has 2 rings (SSSR count). The van der Waals surface area contributed by atoms with Gasteiger partial charge in [-0.2, -0.15) is 0 Å². The van der Waals surface area contributed by atoms with Crippen LogP contribution in [0.2, 0.25) is 0 Å². The van der Waals surface area contributed by atoms with Crippen LogP contribution < -0.4 is 9.47 Å². The van der Waals surface area contributed by atoms with Crippen LogP contribution in [0.3, 0.4) is 0 Å². The number of rotatable bonds is 6. The highest BCUT2D eigenvalue weighted by molar-refractivity contribution is 5.42. The first-order valence-electron chi connectivity index (χ1n) is 26.3. The minimum absolute atomic E-state index is 0. The van der Waals surface area contributed by atoms with E-state index in [2.05, 4.69) is 208 Å². The summed E-state index contributed by atoms with van der Waals surface area (Å²) < 4.78 is 10.9. The maximum absolute atomic E-state index is 9.58. The maximum Gasteiger partial charge on any atom is 0.160 e. The Morgan fingerprint density at radius 2 is 0.359 bits per heavy atom. The molecule has 0 aliphatic heterocycles. The summed E-state index contributed by atoms with van der Waals surface area (Å²) in [7, 11) is 0. The smallest absolute Gasteiger partial charge is 0.160 e. The number of ether oxygens (including phenoxy) is 2. The van der Waals surface area contributed by atoms with Crippen molar-refractivity contribution in [2.75, 3.05) is 26.4 Å².